The molecule has 1 aliphatic rings. The number of aromatic nitrogens is 2. The molecule has 5 rings (SSSR count). The third kappa shape index (κ3) is 5.12. The van der Waals surface area contributed by atoms with Gasteiger partial charge in [0, 0.05) is 36.0 Å². The van der Waals surface area contributed by atoms with E-state index in [4.69, 9.17) is 9.15 Å². The van der Waals surface area contributed by atoms with E-state index < -0.39 is 5.92 Å². The van der Waals surface area contributed by atoms with E-state index in [1.165, 1.54) is 0 Å². The minimum absolute atomic E-state index is 0.0510. The lowest BCUT2D eigenvalue weighted by Gasteiger charge is -2.18. The smallest absolute Gasteiger partial charge is 0.254 e. The Kier molecular flexibility index (Phi) is 6.49. The molecule has 1 saturated heterocycles. The summed E-state index contributed by atoms with van der Waals surface area (Å²) in [7, 11) is 0. The molecule has 2 heterocycles. The highest BCUT2D eigenvalue weighted by molar-refractivity contribution is 6.03. The quantitative estimate of drug-likeness (QED) is 0.401. The van der Waals surface area contributed by atoms with E-state index >= 15 is 0 Å². The Bertz CT molecular complexity index is 1400. The molecular weight excluding hydrogens is 456 g/mol. The lowest BCUT2D eigenvalue weighted by Crippen LogP contribution is -2.28. The first-order chi connectivity index (χ1) is 17.5. The van der Waals surface area contributed by atoms with Crippen molar-refractivity contribution in [1.82, 2.24) is 10.2 Å². The van der Waals surface area contributed by atoms with Crippen molar-refractivity contribution in [2.45, 2.75) is 26.9 Å². The summed E-state index contributed by atoms with van der Waals surface area (Å²) in [5, 5.41) is 11.0. The van der Waals surface area contributed by atoms with Crippen molar-refractivity contribution >= 4 is 23.2 Å². The molecule has 1 atom stereocenters. The van der Waals surface area contributed by atoms with Crippen LogP contribution in [0.4, 0.5) is 11.4 Å². The predicted octanol–water partition coefficient (Wildman–Crippen LogP) is 4.92. The van der Waals surface area contributed by atoms with Crippen LogP contribution < -0.4 is 15.0 Å². The number of carbonyl (C=O) groups excluding carboxylic acids is 2. The van der Waals surface area contributed by atoms with E-state index in [0.717, 1.165) is 22.4 Å². The number of rotatable bonds is 7. The van der Waals surface area contributed by atoms with Crippen molar-refractivity contribution < 1.29 is 18.7 Å². The average molecular weight is 483 g/mol. The standard InChI is InChI=1S/C28H26N4O4/c1-18-11-12-23(13-19(18)2)32-16-21(14-26(32)33)27(34)29-22-9-6-10-24(15-22)35-17-25-30-31-28(36-25)20-7-4-3-5-8-20/h3-13,15,21H,14,16-17H2,1-2H3,(H,29,34)/t21-/m1/s1. The number of benzene rings is 3. The molecule has 182 valence electrons. The summed E-state index contributed by atoms with van der Waals surface area (Å²) in [5.41, 5.74) is 4.53. The molecule has 0 aliphatic carbocycles. The summed E-state index contributed by atoms with van der Waals surface area (Å²) in [6.07, 6.45) is 0.176. The van der Waals surface area contributed by atoms with E-state index in [2.05, 4.69) is 15.5 Å². The fraction of sp³-hybridized carbons (Fsp3) is 0.214. The minimum Gasteiger partial charge on any atom is -0.484 e. The molecule has 0 bridgehead atoms. The lowest BCUT2D eigenvalue weighted by molar-refractivity contribution is -0.122. The Balaban J connectivity index is 1.19. The van der Waals surface area contributed by atoms with Gasteiger partial charge < -0.3 is 19.4 Å². The summed E-state index contributed by atoms with van der Waals surface area (Å²) in [4.78, 5) is 27.2. The molecule has 0 unspecified atom stereocenters. The van der Waals surface area contributed by atoms with Crippen LogP contribution >= 0.6 is 0 Å². The van der Waals surface area contributed by atoms with Crippen molar-refractivity contribution in [2.75, 3.05) is 16.8 Å². The zero-order valence-electron chi connectivity index (χ0n) is 20.1. The first-order valence-electron chi connectivity index (χ1n) is 11.8. The van der Waals surface area contributed by atoms with E-state index in [0.29, 0.717) is 29.8 Å². The van der Waals surface area contributed by atoms with Gasteiger partial charge in [0.2, 0.25) is 17.7 Å². The highest BCUT2D eigenvalue weighted by atomic mass is 16.5. The number of aryl methyl sites for hydroxylation is 2. The van der Waals surface area contributed by atoms with Crippen molar-refractivity contribution in [1.29, 1.82) is 0 Å². The summed E-state index contributed by atoms with van der Waals surface area (Å²) in [5.74, 6) is 0.640. The molecule has 0 spiro atoms. The van der Waals surface area contributed by atoms with Gasteiger partial charge in [0.25, 0.3) is 5.89 Å². The van der Waals surface area contributed by atoms with Gasteiger partial charge in [-0.1, -0.05) is 30.3 Å². The van der Waals surface area contributed by atoms with E-state index in [9.17, 15) is 9.59 Å². The van der Waals surface area contributed by atoms with E-state index in [1.54, 1.807) is 29.2 Å². The zero-order chi connectivity index (χ0) is 25.1. The average Bonchev–Trinajstić information content (AvgIpc) is 3.52. The van der Waals surface area contributed by atoms with Gasteiger partial charge in [-0.3, -0.25) is 9.59 Å². The number of hydrogen-bond donors (Lipinski definition) is 1. The van der Waals surface area contributed by atoms with Gasteiger partial charge in [0.15, 0.2) is 6.61 Å². The second-order valence-corrected chi connectivity index (χ2v) is 8.85. The molecule has 4 aromatic rings. The second kappa shape index (κ2) is 10.0. The molecule has 2 amide bonds. The predicted molar refractivity (Wildman–Crippen MR) is 136 cm³/mol. The van der Waals surface area contributed by atoms with E-state index in [1.807, 2.05) is 62.4 Å². The van der Waals surface area contributed by atoms with Gasteiger partial charge in [-0.25, -0.2) is 0 Å². The largest absolute Gasteiger partial charge is 0.484 e. The third-order valence-electron chi connectivity index (χ3n) is 6.25. The summed E-state index contributed by atoms with van der Waals surface area (Å²) < 4.78 is 11.5. The summed E-state index contributed by atoms with van der Waals surface area (Å²) in [6.45, 7) is 4.49. The molecule has 1 N–H and O–H groups in total. The Morgan fingerprint density at radius 1 is 1.03 bits per heavy atom. The number of amides is 2. The lowest BCUT2D eigenvalue weighted by atomic mass is 10.1. The maximum atomic E-state index is 12.9. The molecule has 0 saturated carbocycles. The van der Waals surface area contributed by atoms with Gasteiger partial charge in [0.05, 0.1) is 5.92 Å². The maximum absolute atomic E-state index is 12.9. The normalized spacial score (nSPS) is 15.2. The SMILES string of the molecule is Cc1ccc(N2C[C@H](C(=O)Nc3cccc(OCc4nnc(-c5ccccc5)o4)c3)CC2=O)cc1C. The van der Waals surface area contributed by atoms with Crippen molar-refractivity contribution in [2.24, 2.45) is 5.92 Å². The Morgan fingerprint density at radius 3 is 2.67 bits per heavy atom. The van der Waals surface area contributed by atoms with Crippen molar-refractivity contribution in [3.05, 3.63) is 89.8 Å². The molecule has 1 aliphatic heterocycles. The highest BCUT2D eigenvalue weighted by Crippen LogP contribution is 2.28. The first-order valence-corrected chi connectivity index (χ1v) is 11.8. The van der Waals surface area contributed by atoms with Gasteiger partial charge in [-0.2, -0.15) is 0 Å². The molecule has 0 radical (unpaired) electrons. The molecule has 8 heteroatoms. The Labute approximate surface area is 208 Å². The number of nitrogens with one attached hydrogen (secondary N) is 1. The fourth-order valence-corrected chi connectivity index (χ4v) is 4.09. The number of hydrogen-bond acceptors (Lipinski definition) is 6. The van der Waals surface area contributed by atoms with Gasteiger partial charge >= 0.3 is 0 Å². The molecule has 3 aromatic carbocycles. The minimum atomic E-state index is -0.432. The number of anilines is 2. The summed E-state index contributed by atoms with van der Waals surface area (Å²) in [6, 6.07) is 22.5. The van der Waals surface area contributed by atoms with Crippen LogP contribution in [0.1, 0.15) is 23.4 Å². The molecule has 1 aromatic heterocycles. The first kappa shape index (κ1) is 23.3. The molecule has 1 fully saturated rings. The number of ether oxygens (including phenoxy) is 1. The topological polar surface area (TPSA) is 97.6 Å². The van der Waals surface area contributed by atoms with Crippen LogP contribution in [0.15, 0.2) is 77.2 Å². The Morgan fingerprint density at radius 2 is 1.86 bits per heavy atom. The van der Waals surface area contributed by atoms with Crippen molar-refractivity contribution in [3.63, 3.8) is 0 Å². The number of nitrogens with zero attached hydrogens (tertiary/aromatic N) is 3. The van der Waals surface area contributed by atoms with Gasteiger partial charge in [-0.05, 0) is 61.4 Å². The van der Waals surface area contributed by atoms with Crippen LogP contribution in [0, 0.1) is 19.8 Å². The van der Waals surface area contributed by atoms with E-state index in [-0.39, 0.29) is 24.8 Å². The summed E-state index contributed by atoms with van der Waals surface area (Å²) >= 11 is 0. The second-order valence-electron chi connectivity index (χ2n) is 8.85. The van der Waals surface area contributed by atoms with Crippen molar-refractivity contribution in [3.8, 4) is 17.2 Å². The maximum Gasteiger partial charge on any atom is 0.254 e. The Hall–Kier alpha value is -4.46. The molecular formula is C28H26N4O4. The van der Waals surface area contributed by atoms with Crippen LogP contribution in [-0.4, -0.2) is 28.6 Å². The molecule has 8 nitrogen and oxygen atoms in total. The third-order valence-corrected chi connectivity index (χ3v) is 6.25. The zero-order valence-corrected chi connectivity index (χ0v) is 20.1. The van der Waals surface area contributed by atoms with Gasteiger partial charge in [-0.15, -0.1) is 10.2 Å². The van der Waals surface area contributed by atoms with Crippen LogP contribution in [0.25, 0.3) is 11.5 Å². The monoisotopic (exact) mass is 482 g/mol. The van der Waals surface area contributed by atoms with Crippen LogP contribution in [0.5, 0.6) is 5.75 Å². The van der Waals surface area contributed by atoms with Crippen LogP contribution in [0.2, 0.25) is 0 Å². The van der Waals surface area contributed by atoms with Gasteiger partial charge in [0.1, 0.15) is 5.75 Å². The van der Waals surface area contributed by atoms with Crippen LogP contribution in [-0.2, 0) is 16.2 Å². The number of carbonyl (C=O) groups is 2. The molecule has 36 heavy (non-hydrogen) atoms. The van der Waals surface area contributed by atoms with Crippen LogP contribution in [0.3, 0.4) is 0 Å². The fourth-order valence-electron chi connectivity index (χ4n) is 4.09. The highest BCUT2D eigenvalue weighted by Gasteiger charge is 2.35.